The minimum Gasteiger partial charge on any atom is -0.379 e. The van der Waals surface area contributed by atoms with Crippen molar-refractivity contribution in [2.45, 2.75) is 4.90 Å². The van der Waals surface area contributed by atoms with Gasteiger partial charge in [0.15, 0.2) is 0 Å². The van der Waals surface area contributed by atoms with Crippen LogP contribution in [0.1, 0.15) is 0 Å². The molecule has 1 aliphatic rings. The molecule has 0 saturated carbocycles. The molecule has 0 aliphatic carbocycles. The van der Waals surface area contributed by atoms with E-state index in [1.807, 2.05) is 0 Å². The van der Waals surface area contributed by atoms with E-state index in [1.54, 1.807) is 48.5 Å². The molecule has 0 aromatic heterocycles. The van der Waals surface area contributed by atoms with E-state index in [4.69, 9.17) is 4.74 Å². The lowest BCUT2D eigenvalue weighted by atomic mass is 10.3. The molecule has 3 rings (SSSR count). The summed E-state index contributed by atoms with van der Waals surface area (Å²) < 4.78 is 32.7. The van der Waals surface area contributed by atoms with Crippen molar-refractivity contribution in [3.8, 4) is 0 Å². The zero-order valence-corrected chi connectivity index (χ0v) is 16.5. The van der Waals surface area contributed by atoms with E-state index in [0.717, 1.165) is 17.4 Å². The maximum atomic E-state index is 13.1. The Morgan fingerprint density at radius 1 is 1.00 bits per heavy atom. The third kappa shape index (κ3) is 5.31. The predicted molar refractivity (Wildman–Crippen MR) is 108 cm³/mol. The van der Waals surface area contributed by atoms with Crippen molar-refractivity contribution < 1.29 is 17.9 Å². The van der Waals surface area contributed by atoms with Gasteiger partial charge in [-0.05, 0) is 24.3 Å². The van der Waals surface area contributed by atoms with E-state index in [-0.39, 0.29) is 17.3 Å². The summed E-state index contributed by atoms with van der Waals surface area (Å²) in [6.07, 6.45) is 0. The summed E-state index contributed by atoms with van der Waals surface area (Å²) in [6.45, 7) is 3.99. The normalized spacial score (nSPS) is 15.1. The van der Waals surface area contributed by atoms with Crippen molar-refractivity contribution in [2.24, 2.45) is 0 Å². The first-order valence-corrected chi connectivity index (χ1v) is 10.7. The van der Waals surface area contributed by atoms with E-state index < -0.39 is 10.0 Å². The van der Waals surface area contributed by atoms with Gasteiger partial charge in [0.05, 0.1) is 23.8 Å². The number of para-hydroxylation sites is 1. The van der Waals surface area contributed by atoms with Gasteiger partial charge < -0.3 is 10.1 Å². The zero-order chi connectivity index (χ0) is 19.8. The van der Waals surface area contributed by atoms with Crippen molar-refractivity contribution in [3.63, 3.8) is 0 Å². The number of anilines is 1. The van der Waals surface area contributed by atoms with E-state index in [2.05, 4.69) is 10.2 Å². The minimum absolute atomic E-state index is 0.153. The second kappa shape index (κ2) is 9.68. The Morgan fingerprint density at radius 2 is 1.61 bits per heavy atom. The fraction of sp³-hybridized carbons (Fsp3) is 0.350. The summed E-state index contributed by atoms with van der Waals surface area (Å²) in [5.74, 6) is -0.336. The fourth-order valence-corrected chi connectivity index (χ4v) is 4.44. The van der Waals surface area contributed by atoms with Crippen molar-refractivity contribution in [1.82, 2.24) is 10.2 Å². The number of sulfonamides is 1. The summed E-state index contributed by atoms with van der Waals surface area (Å²) in [4.78, 5) is 14.8. The number of nitrogens with one attached hydrogen (secondary N) is 1. The number of benzene rings is 2. The Balaban J connectivity index is 1.68. The monoisotopic (exact) mass is 403 g/mol. The SMILES string of the molecule is O=C(CN(c1ccccc1)S(=O)(=O)c1ccccc1)NCCN1CCOCC1. The molecule has 1 saturated heterocycles. The quantitative estimate of drug-likeness (QED) is 0.719. The number of rotatable bonds is 8. The fourth-order valence-electron chi connectivity index (χ4n) is 2.99. The van der Waals surface area contributed by atoms with Gasteiger partial charge in [-0.25, -0.2) is 8.42 Å². The van der Waals surface area contributed by atoms with Crippen molar-refractivity contribution in [2.75, 3.05) is 50.2 Å². The van der Waals surface area contributed by atoms with E-state index in [1.165, 1.54) is 12.1 Å². The van der Waals surface area contributed by atoms with Crippen molar-refractivity contribution >= 4 is 21.6 Å². The van der Waals surface area contributed by atoms with Gasteiger partial charge in [0.2, 0.25) is 5.91 Å². The zero-order valence-electron chi connectivity index (χ0n) is 15.7. The first-order valence-electron chi connectivity index (χ1n) is 9.27. The van der Waals surface area contributed by atoms with Crippen LogP contribution in [0.2, 0.25) is 0 Å². The lowest BCUT2D eigenvalue weighted by molar-refractivity contribution is -0.119. The second-order valence-electron chi connectivity index (χ2n) is 6.46. The van der Waals surface area contributed by atoms with Crippen LogP contribution in [0.4, 0.5) is 5.69 Å². The molecule has 1 heterocycles. The maximum absolute atomic E-state index is 13.1. The lowest BCUT2D eigenvalue weighted by Crippen LogP contribution is -2.44. The van der Waals surface area contributed by atoms with Crippen LogP contribution in [0.5, 0.6) is 0 Å². The topological polar surface area (TPSA) is 79.0 Å². The first-order chi connectivity index (χ1) is 13.6. The Hall–Kier alpha value is -2.42. The number of hydrogen-bond acceptors (Lipinski definition) is 5. The molecule has 0 unspecified atom stereocenters. The van der Waals surface area contributed by atoms with Gasteiger partial charge in [-0.15, -0.1) is 0 Å². The number of carbonyl (C=O) groups excluding carboxylic acids is 1. The molecule has 0 radical (unpaired) electrons. The van der Waals surface area contributed by atoms with Crippen LogP contribution in [0, 0.1) is 0 Å². The number of carbonyl (C=O) groups is 1. The highest BCUT2D eigenvalue weighted by Gasteiger charge is 2.26. The molecule has 28 heavy (non-hydrogen) atoms. The number of amides is 1. The number of hydrogen-bond donors (Lipinski definition) is 1. The first kappa shape index (κ1) is 20.3. The molecule has 8 heteroatoms. The summed E-state index contributed by atoms with van der Waals surface area (Å²) >= 11 is 0. The van der Waals surface area contributed by atoms with Crippen LogP contribution in [-0.4, -0.2) is 65.2 Å². The lowest BCUT2D eigenvalue weighted by Gasteiger charge is -2.27. The van der Waals surface area contributed by atoms with Gasteiger partial charge in [0, 0.05) is 26.2 Å². The molecule has 0 atom stereocenters. The van der Waals surface area contributed by atoms with Gasteiger partial charge in [0.25, 0.3) is 10.0 Å². The number of morpholine rings is 1. The largest absolute Gasteiger partial charge is 0.379 e. The third-order valence-electron chi connectivity index (χ3n) is 4.52. The van der Waals surface area contributed by atoms with Crippen LogP contribution < -0.4 is 9.62 Å². The molecule has 150 valence electrons. The predicted octanol–water partition coefficient (Wildman–Crippen LogP) is 1.33. The molecule has 1 amide bonds. The van der Waals surface area contributed by atoms with E-state index in [0.29, 0.717) is 32.0 Å². The molecule has 7 nitrogen and oxygen atoms in total. The molecular weight excluding hydrogens is 378 g/mol. The van der Waals surface area contributed by atoms with Gasteiger partial charge in [-0.2, -0.15) is 0 Å². The Labute approximate surface area is 166 Å². The molecule has 1 N–H and O–H groups in total. The number of ether oxygens (including phenoxy) is 1. The smallest absolute Gasteiger partial charge is 0.264 e. The molecular formula is C20H25N3O4S. The summed E-state index contributed by atoms with van der Waals surface area (Å²) in [5.41, 5.74) is 0.453. The van der Waals surface area contributed by atoms with Crippen LogP contribution in [0.15, 0.2) is 65.6 Å². The van der Waals surface area contributed by atoms with Gasteiger partial charge in [0.1, 0.15) is 6.54 Å². The molecule has 1 fully saturated rings. The Morgan fingerprint density at radius 3 is 2.25 bits per heavy atom. The molecule has 0 bridgehead atoms. The second-order valence-corrected chi connectivity index (χ2v) is 8.33. The van der Waals surface area contributed by atoms with E-state index in [9.17, 15) is 13.2 Å². The maximum Gasteiger partial charge on any atom is 0.264 e. The summed E-state index contributed by atoms with van der Waals surface area (Å²) in [6, 6.07) is 16.8. The average Bonchev–Trinajstić information content (AvgIpc) is 2.74. The van der Waals surface area contributed by atoms with Crippen LogP contribution in [0.25, 0.3) is 0 Å². The summed E-state index contributed by atoms with van der Waals surface area (Å²) in [7, 11) is -3.85. The minimum atomic E-state index is -3.85. The van der Waals surface area contributed by atoms with Gasteiger partial charge in [-0.3, -0.25) is 14.0 Å². The molecule has 1 aliphatic heterocycles. The van der Waals surface area contributed by atoms with Crippen molar-refractivity contribution in [1.29, 1.82) is 0 Å². The average molecular weight is 404 g/mol. The standard InChI is InChI=1S/C20H25N3O4S/c24-20(21-11-12-22-13-15-27-16-14-22)17-23(18-7-3-1-4-8-18)28(25,26)19-9-5-2-6-10-19/h1-10H,11-17H2,(H,21,24). The van der Waals surface area contributed by atoms with Crippen LogP contribution >= 0.6 is 0 Å². The van der Waals surface area contributed by atoms with Gasteiger partial charge in [-0.1, -0.05) is 36.4 Å². The highest BCUT2D eigenvalue weighted by atomic mass is 32.2. The Bertz CT molecular complexity index is 854. The highest BCUT2D eigenvalue weighted by Crippen LogP contribution is 2.22. The van der Waals surface area contributed by atoms with Crippen LogP contribution in [-0.2, 0) is 19.6 Å². The van der Waals surface area contributed by atoms with Gasteiger partial charge >= 0.3 is 0 Å². The molecule has 0 spiro atoms. The summed E-state index contributed by atoms with van der Waals surface area (Å²) in [5, 5.41) is 2.83. The number of nitrogens with zero attached hydrogens (tertiary/aromatic N) is 2. The van der Waals surface area contributed by atoms with Crippen molar-refractivity contribution in [3.05, 3.63) is 60.7 Å². The van der Waals surface area contributed by atoms with Crippen LogP contribution in [0.3, 0.4) is 0 Å². The molecule has 2 aromatic carbocycles. The third-order valence-corrected chi connectivity index (χ3v) is 6.30. The van der Waals surface area contributed by atoms with E-state index >= 15 is 0 Å². The highest BCUT2D eigenvalue weighted by molar-refractivity contribution is 7.92. The Kier molecular flexibility index (Phi) is 7.02. The molecule has 2 aromatic rings.